The van der Waals surface area contributed by atoms with Gasteiger partial charge in [-0.3, -0.25) is 4.57 Å². The molecule has 1 fully saturated rings. The van der Waals surface area contributed by atoms with Crippen LogP contribution in [-0.2, 0) is 0 Å². The number of aromatic hydroxyl groups is 1. The molecule has 5 rings (SSSR count). The summed E-state index contributed by atoms with van der Waals surface area (Å²) >= 11 is 0. The van der Waals surface area contributed by atoms with Gasteiger partial charge in [0.1, 0.15) is 17.6 Å². The number of imidazole rings is 1. The third kappa shape index (κ3) is 3.24. The van der Waals surface area contributed by atoms with Crippen LogP contribution in [-0.4, -0.2) is 50.8 Å². The third-order valence-electron chi connectivity index (χ3n) is 5.37. The lowest BCUT2D eigenvalue weighted by molar-refractivity contribution is 0.475. The van der Waals surface area contributed by atoms with E-state index in [9.17, 15) is 5.11 Å². The fraction of sp³-hybridized carbons (Fsp3) is 0.227. The van der Waals surface area contributed by atoms with E-state index in [1.165, 1.54) is 0 Å². The molecule has 146 valence electrons. The van der Waals surface area contributed by atoms with Gasteiger partial charge in [0.25, 0.3) is 0 Å². The van der Waals surface area contributed by atoms with Crippen LogP contribution in [0.15, 0.2) is 60.9 Å². The van der Waals surface area contributed by atoms with Crippen molar-refractivity contribution in [3.63, 3.8) is 0 Å². The Morgan fingerprint density at radius 2 is 1.48 bits per heavy atom. The summed E-state index contributed by atoms with van der Waals surface area (Å²) in [6, 6.07) is 17.5. The minimum Gasteiger partial charge on any atom is -0.508 e. The molecule has 1 saturated heterocycles. The van der Waals surface area contributed by atoms with Crippen LogP contribution in [0.2, 0.25) is 0 Å². The van der Waals surface area contributed by atoms with E-state index in [1.54, 1.807) is 12.1 Å². The van der Waals surface area contributed by atoms with Crippen molar-refractivity contribution >= 4 is 22.8 Å². The van der Waals surface area contributed by atoms with Gasteiger partial charge in [0.2, 0.25) is 5.95 Å². The highest BCUT2D eigenvalue weighted by atomic mass is 16.3. The average molecular weight is 386 g/mol. The molecule has 0 spiro atoms. The molecular weight excluding hydrogens is 364 g/mol. The van der Waals surface area contributed by atoms with Crippen molar-refractivity contribution in [3.05, 3.63) is 66.6 Å². The van der Waals surface area contributed by atoms with E-state index in [0.717, 1.165) is 60.4 Å². The maximum atomic E-state index is 9.49. The standard InChI is InChI=1S/C22H22N6O/c1-16-20-21(28(15-23-20)18-5-3-2-4-6-18)25-22(24-16)27-13-11-26(12-14-27)17-7-9-19(29)10-8-17/h2-10,15,29H,11-14H2,1H3. The quantitative estimate of drug-likeness (QED) is 0.583. The molecule has 1 aliphatic rings. The van der Waals surface area contributed by atoms with Crippen molar-refractivity contribution in [1.29, 1.82) is 0 Å². The lowest BCUT2D eigenvalue weighted by Gasteiger charge is -2.36. The van der Waals surface area contributed by atoms with Crippen molar-refractivity contribution in [2.24, 2.45) is 0 Å². The number of para-hydroxylation sites is 1. The maximum absolute atomic E-state index is 9.49. The Morgan fingerprint density at radius 1 is 0.793 bits per heavy atom. The summed E-state index contributed by atoms with van der Waals surface area (Å²) in [5, 5.41) is 9.49. The molecule has 0 atom stereocenters. The smallest absolute Gasteiger partial charge is 0.227 e. The van der Waals surface area contributed by atoms with Gasteiger partial charge in [0, 0.05) is 37.6 Å². The van der Waals surface area contributed by atoms with Crippen LogP contribution < -0.4 is 9.80 Å². The summed E-state index contributed by atoms with van der Waals surface area (Å²) in [6.45, 7) is 5.42. The minimum atomic E-state index is 0.291. The first-order chi connectivity index (χ1) is 14.2. The van der Waals surface area contributed by atoms with E-state index in [1.807, 2.05) is 48.1 Å². The highest BCUT2D eigenvalue weighted by Gasteiger charge is 2.21. The van der Waals surface area contributed by atoms with Crippen molar-refractivity contribution in [3.8, 4) is 11.4 Å². The second-order valence-electron chi connectivity index (χ2n) is 7.22. The number of benzene rings is 2. The van der Waals surface area contributed by atoms with Crippen LogP contribution in [0.1, 0.15) is 5.69 Å². The van der Waals surface area contributed by atoms with Crippen LogP contribution in [0, 0.1) is 6.92 Å². The Labute approximate surface area is 168 Å². The zero-order valence-corrected chi connectivity index (χ0v) is 16.2. The SMILES string of the molecule is Cc1nc(N2CCN(c3ccc(O)cc3)CC2)nc2c1ncn2-c1ccccc1. The van der Waals surface area contributed by atoms with Crippen LogP contribution in [0.3, 0.4) is 0 Å². The second kappa shape index (κ2) is 7.09. The minimum absolute atomic E-state index is 0.291. The van der Waals surface area contributed by atoms with Gasteiger partial charge in [-0.1, -0.05) is 18.2 Å². The zero-order chi connectivity index (χ0) is 19.8. The van der Waals surface area contributed by atoms with Crippen LogP contribution in [0.5, 0.6) is 5.75 Å². The molecule has 4 aromatic rings. The van der Waals surface area contributed by atoms with Gasteiger partial charge in [0.15, 0.2) is 5.65 Å². The summed E-state index contributed by atoms with van der Waals surface area (Å²) in [6.07, 6.45) is 1.81. The lowest BCUT2D eigenvalue weighted by atomic mass is 10.2. The second-order valence-corrected chi connectivity index (χ2v) is 7.22. The first kappa shape index (κ1) is 17.5. The van der Waals surface area contributed by atoms with Crippen molar-refractivity contribution in [2.45, 2.75) is 6.92 Å². The predicted molar refractivity (Wildman–Crippen MR) is 114 cm³/mol. The largest absolute Gasteiger partial charge is 0.508 e. The van der Waals surface area contributed by atoms with Crippen molar-refractivity contribution in [2.75, 3.05) is 36.0 Å². The fourth-order valence-electron chi connectivity index (χ4n) is 3.77. The number of aryl methyl sites for hydroxylation is 1. The lowest BCUT2D eigenvalue weighted by Crippen LogP contribution is -2.47. The van der Waals surface area contributed by atoms with Crippen molar-refractivity contribution in [1.82, 2.24) is 19.5 Å². The fourth-order valence-corrected chi connectivity index (χ4v) is 3.77. The van der Waals surface area contributed by atoms with Gasteiger partial charge in [0.05, 0.1) is 5.69 Å². The number of hydrogen-bond acceptors (Lipinski definition) is 6. The molecule has 1 N–H and O–H groups in total. The zero-order valence-electron chi connectivity index (χ0n) is 16.2. The normalized spacial score (nSPS) is 14.5. The highest BCUT2D eigenvalue weighted by Crippen LogP contribution is 2.24. The number of phenolic OH excluding ortho intramolecular Hbond substituents is 1. The third-order valence-corrected chi connectivity index (χ3v) is 5.37. The first-order valence-corrected chi connectivity index (χ1v) is 9.75. The molecule has 0 saturated carbocycles. The summed E-state index contributed by atoms with van der Waals surface area (Å²) in [5.41, 5.74) is 4.72. The molecule has 2 aromatic heterocycles. The number of nitrogens with zero attached hydrogens (tertiary/aromatic N) is 6. The molecule has 3 heterocycles. The van der Waals surface area contributed by atoms with Crippen LogP contribution in [0.4, 0.5) is 11.6 Å². The van der Waals surface area contributed by atoms with Gasteiger partial charge >= 0.3 is 0 Å². The highest BCUT2D eigenvalue weighted by molar-refractivity contribution is 5.76. The summed E-state index contributed by atoms with van der Waals surface area (Å²) in [7, 11) is 0. The molecule has 0 unspecified atom stereocenters. The Bertz CT molecular complexity index is 1130. The number of hydrogen-bond donors (Lipinski definition) is 1. The number of anilines is 2. The van der Waals surface area contributed by atoms with E-state index in [4.69, 9.17) is 9.97 Å². The average Bonchev–Trinajstić information content (AvgIpc) is 3.20. The number of aromatic nitrogens is 4. The number of phenols is 1. The maximum Gasteiger partial charge on any atom is 0.227 e. The number of fused-ring (bicyclic) bond motifs is 1. The molecular formula is C22H22N6O. The number of piperazine rings is 1. The van der Waals surface area contributed by atoms with E-state index < -0.39 is 0 Å². The molecule has 0 amide bonds. The molecule has 7 nitrogen and oxygen atoms in total. The van der Waals surface area contributed by atoms with Gasteiger partial charge in [-0.25, -0.2) is 9.97 Å². The summed E-state index contributed by atoms with van der Waals surface area (Å²) in [5.74, 6) is 1.04. The van der Waals surface area contributed by atoms with Gasteiger partial charge in [-0.2, -0.15) is 4.98 Å². The Morgan fingerprint density at radius 3 is 2.21 bits per heavy atom. The van der Waals surface area contributed by atoms with E-state index in [2.05, 4.69) is 26.9 Å². The van der Waals surface area contributed by atoms with Gasteiger partial charge < -0.3 is 14.9 Å². The molecule has 7 heteroatoms. The Balaban J connectivity index is 1.42. The van der Waals surface area contributed by atoms with E-state index >= 15 is 0 Å². The molecule has 29 heavy (non-hydrogen) atoms. The summed E-state index contributed by atoms with van der Waals surface area (Å²) < 4.78 is 2.01. The Kier molecular flexibility index (Phi) is 4.27. The van der Waals surface area contributed by atoms with Crippen LogP contribution >= 0.6 is 0 Å². The van der Waals surface area contributed by atoms with E-state index in [-0.39, 0.29) is 0 Å². The molecule has 2 aromatic carbocycles. The topological polar surface area (TPSA) is 70.3 Å². The molecule has 0 aliphatic carbocycles. The van der Waals surface area contributed by atoms with Gasteiger partial charge in [-0.05, 0) is 43.3 Å². The first-order valence-electron chi connectivity index (χ1n) is 9.75. The Hall–Kier alpha value is -3.61. The van der Waals surface area contributed by atoms with Crippen molar-refractivity contribution < 1.29 is 5.11 Å². The summed E-state index contributed by atoms with van der Waals surface area (Å²) in [4.78, 5) is 18.7. The van der Waals surface area contributed by atoms with E-state index in [0.29, 0.717) is 5.75 Å². The number of rotatable bonds is 3. The molecule has 0 radical (unpaired) electrons. The van der Waals surface area contributed by atoms with Crippen LogP contribution in [0.25, 0.3) is 16.9 Å². The molecule has 1 aliphatic heterocycles. The molecule has 0 bridgehead atoms. The predicted octanol–water partition coefficient (Wildman–Crippen LogP) is 3.16. The monoisotopic (exact) mass is 386 g/mol. The van der Waals surface area contributed by atoms with Gasteiger partial charge in [-0.15, -0.1) is 0 Å².